The molecule has 4 nitrogen and oxygen atoms in total. The van der Waals surface area contributed by atoms with Gasteiger partial charge in [-0.15, -0.1) is 0 Å². The van der Waals surface area contributed by atoms with Crippen LogP contribution in [0.4, 0.5) is 0 Å². The van der Waals surface area contributed by atoms with Gasteiger partial charge in [-0.25, -0.2) is 19.6 Å². The van der Waals surface area contributed by atoms with E-state index in [9.17, 15) is 9.59 Å². The molecule has 0 saturated heterocycles. The smallest absolute Gasteiger partial charge is 0.211 e. The summed E-state index contributed by atoms with van der Waals surface area (Å²) < 4.78 is 0. The number of isocyanates is 2. The van der Waals surface area contributed by atoms with Crippen LogP contribution in [0, 0.1) is 0 Å². The highest BCUT2D eigenvalue weighted by molar-refractivity contribution is 6.02. The summed E-state index contributed by atoms with van der Waals surface area (Å²) in [6.45, 7) is 0.442. The lowest BCUT2D eigenvalue weighted by molar-refractivity contribution is 0.560. The molecule has 0 radical (unpaired) electrons. The number of fused-ring (bicyclic) bond motifs is 4. The van der Waals surface area contributed by atoms with Crippen molar-refractivity contribution in [3.63, 3.8) is 0 Å². The predicted octanol–water partition coefficient (Wildman–Crippen LogP) is 2.99. The van der Waals surface area contributed by atoms with Gasteiger partial charge in [0.15, 0.2) is 0 Å². The van der Waals surface area contributed by atoms with Crippen LogP contribution in [0.5, 0.6) is 0 Å². The van der Waals surface area contributed by atoms with Gasteiger partial charge < -0.3 is 0 Å². The van der Waals surface area contributed by atoms with E-state index in [1.54, 1.807) is 0 Å². The van der Waals surface area contributed by atoms with Gasteiger partial charge >= 0.3 is 0 Å². The summed E-state index contributed by atoms with van der Waals surface area (Å²) in [6, 6.07) is 17.1. The first-order valence-corrected chi connectivity index (χ1v) is 6.14. The lowest BCUT2D eigenvalue weighted by Gasteiger charge is -2.22. The second kappa shape index (κ2) is 6.95. The summed E-state index contributed by atoms with van der Waals surface area (Å²) >= 11 is 0. The van der Waals surface area contributed by atoms with Gasteiger partial charge in [0.25, 0.3) is 0 Å². The van der Waals surface area contributed by atoms with Crippen molar-refractivity contribution in [3.8, 4) is 22.3 Å². The van der Waals surface area contributed by atoms with Crippen LogP contribution in [-0.4, -0.2) is 25.2 Å². The highest BCUT2D eigenvalue weighted by atomic mass is 16.1. The molecule has 0 unspecified atom stereocenters. The van der Waals surface area contributed by atoms with Gasteiger partial charge in [-0.1, -0.05) is 48.5 Å². The number of benzene rings is 2. The Balaban J connectivity index is 0.000000163. The molecule has 0 saturated carbocycles. The number of aliphatic imine (C=N–C) groups is 2. The fourth-order valence-corrected chi connectivity index (χ4v) is 2.03. The molecule has 1 aliphatic rings. The van der Waals surface area contributed by atoms with Gasteiger partial charge in [0.2, 0.25) is 12.2 Å². The Morgan fingerprint density at radius 1 is 0.650 bits per heavy atom. The highest BCUT2D eigenvalue weighted by Gasteiger charge is 2.19. The highest BCUT2D eigenvalue weighted by Crippen LogP contribution is 2.46. The van der Waals surface area contributed by atoms with Crippen molar-refractivity contribution in [2.75, 3.05) is 13.1 Å². The second-order valence-corrected chi connectivity index (χ2v) is 4.04. The minimum absolute atomic E-state index is 0.221. The molecule has 98 valence electrons. The van der Waals surface area contributed by atoms with Crippen LogP contribution in [-0.2, 0) is 9.59 Å². The molecule has 2 aromatic carbocycles. The van der Waals surface area contributed by atoms with Crippen molar-refractivity contribution in [1.82, 2.24) is 0 Å². The zero-order valence-corrected chi connectivity index (χ0v) is 10.7. The van der Waals surface area contributed by atoms with E-state index in [0.29, 0.717) is 0 Å². The molecule has 0 spiro atoms. The minimum Gasteiger partial charge on any atom is -0.211 e. The molecule has 0 N–H and O–H groups in total. The fourth-order valence-electron chi connectivity index (χ4n) is 2.03. The maximum atomic E-state index is 9.34. The van der Waals surface area contributed by atoms with E-state index in [1.165, 1.54) is 34.4 Å². The summed E-state index contributed by atoms with van der Waals surface area (Å²) in [7, 11) is 0. The van der Waals surface area contributed by atoms with E-state index >= 15 is 0 Å². The molecule has 0 bridgehead atoms. The normalized spacial score (nSPS) is 9.40. The zero-order valence-electron chi connectivity index (χ0n) is 10.7. The van der Waals surface area contributed by atoms with Crippen molar-refractivity contribution >= 4 is 12.2 Å². The second-order valence-electron chi connectivity index (χ2n) is 4.04. The van der Waals surface area contributed by atoms with Gasteiger partial charge in [-0.3, -0.25) is 0 Å². The molecule has 0 heterocycles. The van der Waals surface area contributed by atoms with E-state index in [2.05, 4.69) is 58.5 Å². The van der Waals surface area contributed by atoms with Gasteiger partial charge in [0, 0.05) is 0 Å². The van der Waals surface area contributed by atoms with Crippen molar-refractivity contribution in [3.05, 3.63) is 48.5 Å². The number of hydrogen-bond donors (Lipinski definition) is 0. The lowest BCUT2D eigenvalue weighted by Crippen LogP contribution is -1.96. The molecule has 4 heteroatoms. The van der Waals surface area contributed by atoms with Gasteiger partial charge in [-0.05, 0) is 22.3 Å². The quantitative estimate of drug-likeness (QED) is 0.415. The predicted molar refractivity (Wildman–Crippen MR) is 76.8 cm³/mol. The Bertz CT molecular complexity index is 579. The Labute approximate surface area is 116 Å². The number of rotatable bonds is 3. The Morgan fingerprint density at radius 3 is 1.20 bits per heavy atom. The monoisotopic (exact) mass is 264 g/mol. The first-order valence-electron chi connectivity index (χ1n) is 6.14. The SMILES string of the molecule is O=C=NCCN=C=O.c1ccc2c(c1)-c1ccccc1-2. The number of nitrogens with zero attached hydrogens (tertiary/aromatic N) is 2. The first-order chi connectivity index (χ1) is 9.88. The summed E-state index contributed by atoms with van der Waals surface area (Å²) in [4.78, 5) is 24.9. The molecular weight excluding hydrogens is 252 g/mol. The molecule has 0 fully saturated rings. The minimum atomic E-state index is 0.221. The molecule has 1 aliphatic carbocycles. The van der Waals surface area contributed by atoms with Gasteiger partial charge in [-0.2, -0.15) is 0 Å². The first kappa shape index (κ1) is 13.6. The van der Waals surface area contributed by atoms with E-state index in [0.717, 1.165) is 0 Å². The topological polar surface area (TPSA) is 58.9 Å². The third kappa shape index (κ3) is 2.96. The number of carbonyl (C=O) groups excluding carboxylic acids is 2. The third-order valence-electron chi connectivity index (χ3n) is 2.89. The van der Waals surface area contributed by atoms with Gasteiger partial charge in [0.05, 0.1) is 13.1 Å². The van der Waals surface area contributed by atoms with Crippen LogP contribution < -0.4 is 0 Å². The van der Waals surface area contributed by atoms with E-state index in [1.807, 2.05) is 0 Å². The Kier molecular flexibility index (Phi) is 4.74. The van der Waals surface area contributed by atoms with Crippen molar-refractivity contribution in [1.29, 1.82) is 0 Å². The summed E-state index contributed by atoms with van der Waals surface area (Å²) in [5, 5.41) is 0. The molecule has 0 amide bonds. The molecule has 3 rings (SSSR count). The van der Waals surface area contributed by atoms with Crippen LogP contribution in [0.3, 0.4) is 0 Å². The maximum absolute atomic E-state index is 9.34. The van der Waals surface area contributed by atoms with Crippen LogP contribution in [0.25, 0.3) is 22.3 Å². The molecule has 0 atom stereocenters. The molecule has 20 heavy (non-hydrogen) atoms. The van der Waals surface area contributed by atoms with E-state index < -0.39 is 0 Å². The van der Waals surface area contributed by atoms with Crippen molar-refractivity contribution < 1.29 is 9.59 Å². The number of hydrogen-bond acceptors (Lipinski definition) is 4. The molecule has 2 aromatic rings. The maximum Gasteiger partial charge on any atom is 0.235 e. The zero-order chi connectivity index (χ0) is 14.2. The molecule has 0 aromatic heterocycles. The van der Waals surface area contributed by atoms with Crippen LogP contribution in [0.15, 0.2) is 58.5 Å². The average Bonchev–Trinajstić information content (AvgIpc) is 2.50. The van der Waals surface area contributed by atoms with Crippen LogP contribution in [0.1, 0.15) is 0 Å². The van der Waals surface area contributed by atoms with Crippen LogP contribution in [0.2, 0.25) is 0 Å². The lowest BCUT2D eigenvalue weighted by atomic mass is 9.81. The largest absolute Gasteiger partial charge is 0.235 e. The average molecular weight is 264 g/mol. The summed E-state index contributed by atoms with van der Waals surface area (Å²) in [5.41, 5.74) is 5.59. The summed E-state index contributed by atoms with van der Waals surface area (Å²) in [6.07, 6.45) is 2.62. The van der Waals surface area contributed by atoms with Crippen LogP contribution >= 0.6 is 0 Å². The fraction of sp³-hybridized carbons (Fsp3) is 0.125. The van der Waals surface area contributed by atoms with E-state index in [-0.39, 0.29) is 13.1 Å². The summed E-state index contributed by atoms with van der Waals surface area (Å²) in [5.74, 6) is 0. The van der Waals surface area contributed by atoms with E-state index in [4.69, 9.17) is 0 Å². The third-order valence-corrected chi connectivity index (χ3v) is 2.89. The molecular formula is C16H12N2O2. The molecule has 0 aliphatic heterocycles. The standard InChI is InChI=1S/C12H8.C4H4N2O2/c1-2-6-10-9(5-1)11-7-3-4-8-12(10)11;7-3-5-1-2-6-4-8/h1-8H;1-2H2. The Hall–Kier alpha value is -2.80. The van der Waals surface area contributed by atoms with Gasteiger partial charge in [0.1, 0.15) is 0 Å². The van der Waals surface area contributed by atoms with Crippen molar-refractivity contribution in [2.24, 2.45) is 9.98 Å². The Morgan fingerprint density at radius 2 is 0.950 bits per heavy atom. The van der Waals surface area contributed by atoms with Crippen molar-refractivity contribution in [2.45, 2.75) is 0 Å².